The van der Waals surface area contributed by atoms with Gasteiger partial charge >= 0.3 is 6.55 Å². The zero-order valence-corrected chi connectivity index (χ0v) is 22.4. The fraction of sp³-hybridized carbons (Fsp3) is 0.348. The van der Waals surface area contributed by atoms with Gasteiger partial charge in [-0.15, -0.1) is 10.2 Å². The van der Waals surface area contributed by atoms with Crippen molar-refractivity contribution in [1.29, 1.82) is 0 Å². The van der Waals surface area contributed by atoms with Crippen LogP contribution in [0.3, 0.4) is 0 Å². The summed E-state index contributed by atoms with van der Waals surface area (Å²) in [5, 5.41) is 10.7. The van der Waals surface area contributed by atoms with Crippen molar-refractivity contribution >= 4 is 16.0 Å². The summed E-state index contributed by atoms with van der Waals surface area (Å²) in [6.07, 6.45) is 3.14. The highest BCUT2D eigenvalue weighted by Crippen LogP contribution is 2.38. The lowest BCUT2D eigenvalue weighted by atomic mass is 10.2. The molecule has 3 heterocycles. The number of halogens is 2. The fourth-order valence-corrected chi connectivity index (χ4v) is 4.92. The quantitative estimate of drug-likeness (QED) is 0.288. The normalized spacial score (nSPS) is 13.3. The summed E-state index contributed by atoms with van der Waals surface area (Å²) in [6.45, 7) is 0.327. The smallest absolute Gasteiger partial charge is 0.333 e. The molecule has 0 spiro atoms. The van der Waals surface area contributed by atoms with Crippen LogP contribution in [0.4, 0.5) is 14.7 Å². The molecule has 0 saturated carbocycles. The predicted molar refractivity (Wildman–Crippen MR) is 135 cm³/mol. The second-order valence-electron chi connectivity index (χ2n) is 8.28. The van der Waals surface area contributed by atoms with Gasteiger partial charge in [0.15, 0.2) is 11.6 Å². The largest absolute Gasteiger partial charge is 0.494 e. The fourth-order valence-electron chi connectivity index (χ4n) is 3.79. The average molecular weight is 565 g/mol. The Balaban J connectivity index is 1.84. The molecule has 208 valence electrons. The highest BCUT2D eigenvalue weighted by Gasteiger charge is 2.35. The van der Waals surface area contributed by atoms with Gasteiger partial charge in [-0.05, 0) is 37.6 Å². The molecule has 4 aromatic rings. The second-order valence-corrected chi connectivity index (χ2v) is 10.3. The first-order valence-electron chi connectivity index (χ1n) is 11.4. The third-order valence-corrected chi connectivity index (χ3v) is 7.48. The molecule has 0 aliphatic rings. The first-order chi connectivity index (χ1) is 18.6. The predicted octanol–water partition coefficient (Wildman–Crippen LogP) is 3.16. The number of nitrogens with zero attached hydrogens (tertiary/aromatic N) is 7. The third kappa shape index (κ3) is 5.51. The molecule has 0 saturated heterocycles. The van der Waals surface area contributed by atoms with Crippen molar-refractivity contribution < 1.29 is 31.4 Å². The Hall–Kier alpha value is -4.18. The van der Waals surface area contributed by atoms with Gasteiger partial charge in [0.05, 0.1) is 14.2 Å². The van der Waals surface area contributed by atoms with Crippen LogP contribution < -0.4 is 14.2 Å². The number of aromatic nitrogens is 7. The molecular formula is C23H26F2N8O5S. The Kier molecular flexibility index (Phi) is 8.06. The molecule has 0 aliphatic carbocycles. The standard InChI is InChI=1S/C23H26F2N8O5S/c1-13-11-26-20(27-12-13)19(38-5)14(2)39(34,35)31-23-29-28-21(15-9-10-32(30-15)22(24)25)33(23)18-16(36-3)7-6-8-17(18)37-4/h6-12,14,19,22H,1-5H3,(H,29,31). The SMILES string of the molecule is COc1cccc(OC)c1-n1c(NS(=O)(=O)C(C)C(OC)c2ncc(C)cn2)nnc1-c1ccn(C(F)F)n1. The van der Waals surface area contributed by atoms with Crippen LogP contribution in [-0.2, 0) is 14.8 Å². The van der Waals surface area contributed by atoms with Gasteiger partial charge in [0.1, 0.15) is 34.2 Å². The highest BCUT2D eigenvalue weighted by atomic mass is 32.2. The van der Waals surface area contributed by atoms with Gasteiger partial charge in [-0.2, -0.15) is 13.9 Å². The van der Waals surface area contributed by atoms with Crippen LogP contribution in [0.15, 0.2) is 42.9 Å². The van der Waals surface area contributed by atoms with Crippen LogP contribution in [0.2, 0.25) is 0 Å². The number of alkyl halides is 2. The summed E-state index contributed by atoms with van der Waals surface area (Å²) >= 11 is 0. The van der Waals surface area contributed by atoms with E-state index in [1.54, 1.807) is 37.5 Å². The summed E-state index contributed by atoms with van der Waals surface area (Å²) in [4.78, 5) is 8.39. The van der Waals surface area contributed by atoms with Crippen LogP contribution in [-0.4, -0.2) is 69.5 Å². The number of hydrogen-bond acceptors (Lipinski definition) is 10. The maximum absolute atomic E-state index is 13.6. The number of nitrogens with one attached hydrogen (secondary N) is 1. The van der Waals surface area contributed by atoms with Gasteiger partial charge in [0.25, 0.3) is 0 Å². The number of anilines is 1. The topological polar surface area (TPSA) is 148 Å². The lowest BCUT2D eigenvalue weighted by Gasteiger charge is -2.22. The van der Waals surface area contributed by atoms with E-state index < -0.39 is 27.9 Å². The average Bonchev–Trinajstić information content (AvgIpc) is 3.56. The Labute approximate surface area is 222 Å². The van der Waals surface area contributed by atoms with E-state index in [0.717, 1.165) is 11.8 Å². The Morgan fingerprint density at radius 1 is 1.00 bits per heavy atom. The number of aryl methyl sites for hydroxylation is 1. The van der Waals surface area contributed by atoms with Crippen LogP contribution in [0, 0.1) is 6.92 Å². The number of ether oxygens (including phenoxy) is 3. The minimum absolute atomic E-state index is 0.00270. The first-order valence-corrected chi connectivity index (χ1v) is 13.0. The molecule has 2 atom stereocenters. The molecule has 0 radical (unpaired) electrons. The van der Waals surface area contributed by atoms with E-state index in [0.29, 0.717) is 4.68 Å². The summed E-state index contributed by atoms with van der Waals surface area (Å²) in [6, 6.07) is 6.17. The minimum atomic E-state index is -4.24. The van der Waals surface area contributed by atoms with Crippen LogP contribution >= 0.6 is 0 Å². The molecule has 2 unspecified atom stereocenters. The number of hydrogen-bond donors (Lipinski definition) is 1. The first kappa shape index (κ1) is 27.8. The molecule has 39 heavy (non-hydrogen) atoms. The van der Waals surface area contributed by atoms with E-state index in [1.807, 2.05) is 0 Å². The molecule has 4 rings (SSSR count). The van der Waals surface area contributed by atoms with Gasteiger partial charge in [-0.1, -0.05) is 6.07 Å². The summed E-state index contributed by atoms with van der Waals surface area (Å²) in [7, 11) is -0.0740. The van der Waals surface area contributed by atoms with Crippen LogP contribution in [0.25, 0.3) is 17.2 Å². The summed E-state index contributed by atoms with van der Waals surface area (Å²) < 4.78 is 74.2. The van der Waals surface area contributed by atoms with Gasteiger partial charge in [-0.25, -0.2) is 23.1 Å². The molecule has 13 nitrogen and oxygen atoms in total. The Morgan fingerprint density at radius 3 is 2.18 bits per heavy atom. The van der Waals surface area contributed by atoms with Crippen molar-refractivity contribution in [3.05, 3.63) is 54.2 Å². The second kappa shape index (κ2) is 11.3. The maximum atomic E-state index is 13.6. The van der Waals surface area contributed by atoms with Crippen molar-refractivity contribution in [3.8, 4) is 28.7 Å². The monoisotopic (exact) mass is 564 g/mol. The third-order valence-electron chi connectivity index (χ3n) is 5.78. The molecule has 1 N–H and O–H groups in total. The summed E-state index contributed by atoms with van der Waals surface area (Å²) in [5.74, 6) is 0.380. The zero-order valence-electron chi connectivity index (χ0n) is 21.6. The highest BCUT2D eigenvalue weighted by molar-refractivity contribution is 7.93. The molecule has 3 aromatic heterocycles. The number of para-hydroxylation sites is 1. The van der Waals surface area contributed by atoms with E-state index in [-0.39, 0.29) is 40.5 Å². The van der Waals surface area contributed by atoms with E-state index in [9.17, 15) is 17.2 Å². The van der Waals surface area contributed by atoms with Crippen molar-refractivity contribution in [2.45, 2.75) is 31.8 Å². The number of sulfonamides is 1. The number of rotatable bonds is 11. The molecule has 0 aliphatic heterocycles. The van der Waals surface area contributed by atoms with Crippen LogP contribution in [0.1, 0.15) is 31.0 Å². The number of benzene rings is 1. The maximum Gasteiger partial charge on any atom is 0.333 e. The molecular weight excluding hydrogens is 538 g/mol. The van der Waals surface area contributed by atoms with Gasteiger partial charge in [0, 0.05) is 25.7 Å². The van der Waals surface area contributed by atoms with E-state index in [2.05, 4.69) is 30.0 Å². The van der Waals surface area contributed by atoms with Crippen LogP contribution in [0.5, 0.6) is 11.5 Å². The van der Waals surface area contributed by atoms with E-state index >= 15 is 0 Å². The van der Waals surface area contributed by atoms with E-state index in [4.69, 9.17) is 14.2 Å². The molecule has 16 heteroatoms. The molecule has 1 aromatic carbocycles. The van der Waals surface area contributed by atoms with Gasteiger partial charge < -0.3 is 14.2 Å². The Bertz CT molecular complexity index is 1520. The summed E-state index contributed by atoms with van der Waals surface area (Å²) in [5.41, 5.74) is 1.00. The minimum Gasteiger partial charge on any atom is -0.494 e. The molecule has 0 bridgehead atoms. The van der Waals surface area contributed by atoms with Crippen molar-refractivity contribution in [2.75, 3.05) is 26.1 Å². The van der Waals surface area contributed by atoms with Crippen molar-refractivity contribution in [2.24, 2.45) is 0 Å². The van der Waals surface area contributed by atoms with E-state index in [1.165, 1.54) is 38.9 Å². The zero-order chi connectivity index (χ0) is 28.3. The molecule has 0 amide bonds. The Morgan fingerprint density at radius 2 is 1.64 bits per heavy atom. The van der Waals surface area contributed by atoms with Crippen molar-refractivity contribution in [1.82, 2.24) is 34.5 Å². The van der Waals surface area contributed by atoms with Crippen molar-refractivity contribution in [3.63, 3.8) is 0 Å². The lowest BCUT2D eigenvalue weighted by molar-refractivity contribution is 0.0568. The lowest BCUT2D eigenvalue weighted by Crippen LogP contribution is -2.33. The molecule has 0 fully saturated rings. The number of methoxy groups -OCH3 is 3. The van der Waals surface area contributed by atoms with Gasteiger partial charge in [0.2, 0.25) is 16.0 Å². The van der Waals surface area contributed by atoms with Gasteiger partial charge in [-0.3, -0.25) is 9.29 Å².